The minimum absolute atomic E-state index is 0.381. The molecule has 2 aromatic rings. The number of halogens is 1. The number of ether oxygens (including phenoxy) is 1. The van der Waals surface area contributed by atoms with Crippen LogP contribution >= 0.6 is 0 Å². The van der Waals surface area contributed by atoms with Crippen molar-refractivity contribution in [3.05, 3.63) is 39.2 Å². The zero-order valence-electron chi connectivity index (χ0n) is 12.1. The standard InChI is InChI=1S/C17H17FO3/c1-8-6-9(2)15-11(7-8)16-13(17(19)21-15)10-4-3-5-12(20-16)14(10)18/h6-7,10,12,14H,3-5H2,1-2H3. The van der Waals surface area contributed by atoms with Gasteiger partial charge in [0.05, 0.1) is 10.9 Å². The van der Waals surface area contributed by atoms with Gasteiger partial charge in [0, 0.05) is 5.92 Å². The van der Waals surface area contributed by atoms with Gasteiger partial charge in [0.1, 0.15) is 23.6 Å². The molecular formula is C17H17FO3. The van der Waals surface area contributed by atoms with Gasteiger partial charge in [-0.25, -0.2) is 9.18 Å². The highest BCUT2D eigenvalue weighted by atomic mass is 19.1. The average Bonchev–Trinajstić information content (AvgIpc) is 2.40. The first-order valence-electron chi connectivity index (χ1n) is 7.45. The minimum atomic E-state index is -1.10. The first kappa shape index (κ1) is 12.9. The molecule has 21 heavy (non-hydrogen) atoms. The Labute approximate surface area is 121 Å². The molecule has 1 aliphatic carbocycles. The Balaban J connectivity index is 2.09. The lowest BCUT2D eigenvalue weighted by molar-refractivity contribution is 0.0276. The van der Waals surface area contributed by atoms with Crippen molar-refractivity contribution in [1.29, 1.82) is 0 Å². The molecule has 0 saturated heterocycles. The third-order valence-corrected chi connectivity index (χ3v) is 4.71. The van der Waals surface area contributed by atoms with Crippen molar-refractivity contribution in [2.45, 2.75) is 51.3 Å². The van der Waals surface area contributed by atoms with Crippen molar-refractivity contribution >= 4 is 11.0 Å². The lowest BCUT2D eigenvalue weighted by Crippen LogP contribution is -2.43. The van der Waals surface area contributed by atoms with Gasteiger partial charge in [-0.3, -0.25) is 0 Å². The average molecular weight is 288 g/mol. The summed E-state index contributed by atoms with van der Waals surface area (Å²) in [4.78, 5) is 12.3. The highest BCUT2D eigenvalue weighted by Gasteiger charge is 2.44. The fourth-order valence-corrected chi connectivity index (χ4v) is 3.79. The number of rotatable bonds is 0. The summed E-state index contributed by atoms with van der Waals surface area (Å²) in [6.45, 7) is 3.90. The summed E-state index contributed by atoms with van der Waals surface area (Å²) in [5, 5.41) is 0.797. The first-order valence-corrected chi connectivity index (χ1v) is 7.45. The van der Waals surface area contributed by atoms with Gasteiger partial charge in [-0.1, -0.05) is 6.07 Å². The normalized spacial score (nSPS) is 27.3. The largest absolute Gasteiger partial charge is 0.486 e. The van der Waals surface area contributed by atoms with Crippen LogP contribution in [0.2, 0.25) is 0 Å². The molecule has 110 valence electrons. The molecule has 2 bridgehead atoms. The summed E-state index contributed by atoms with van der Waals surface area (Å²) in [5.74, 6) is 0.172. The van der Waals surface area contributed by atoms with Crippen LogP contribution in [0.1, 0.15) is 41.9 Å². The van der Waals surface area contributed by atoms with Crippen molar-refractivity contribution in [3.8, 4) is 5.75 Å². The van der Waals surface area contributed by atoms with Crippen molar-refractivity contribution < 1.29 is 13.5 Å². The van der Waals surface area contributed by atoms with Crippen LogP contribution in [0.15, 0.2) is 21.3 Å². The van der Waals surface area contributed by atoms with E-state index in [-0.39, 0.29) is 5.92 Å². The third kappa shape index (κ3) is 1.74. The summed E-state index contributed by atoms with van der Waals surface area (Å²) in [7, 11) is 0. The van der Waals surface area contributed by atoms with Crippen LogP contribution in [0.25, 0.3) is 11.0 Å². The summed E-state index contributed by atoms with van der Waals surface area (Å²) in [5.41, 5.74) is 2.49. The topological polar surface area (TPSA) is 39.4 Å². The van der Waals surface area contributed by atoms with Crippen LogP contribution in [0.4, 0.5) is 4.39 Å². The van der Waals surface area contributed by atoms with Gasteiger partial charge in [0.2, 0.25) is 0 Å². The molecule has 1 aromatic carbocycles. The molecule has 4 rings (SSSR count). The molecule has 0 N–H and O–H groups in total. The van der Waals surface area contributed by atoms with E-state index in [0.29, 0.717) is 29.7 Å². The third-order valence-electron chi connectivity index (χ3n) is 4.71. The number of alkyl halides is 1. The van der Waals surface area contributed by atoms with E-state index in [9.17, 15) is 9.18 Å². The van der Waals surface area contributed by atoms with Crippen LogP contribution in [0, 0.1) is 13.8 Å². The van der Waals surface area contributed by atoms with E-state index < -0.39 is 17.9 Å². The molecule has 0 radical (unpaired) electrons. The summed E-state index contributed by atoms with van der Waals surface area (Å²) in [6.07, 6.45) is 0.762. The van der Waals surface area contributed by atoms with E-state index in [1.807, 2.05) is 26.0 Å². The fourth-order valence-electron chi connectivity index (χ4n) is 3.79. The Kier molecular flexibility index (Phi) is 2.65. The van der Waals surface area contributed by atoms with E-state index in [0.717, 1.165) is 22.9 Å². The second kappa shape index (κ2) is 4.33. The molecule has 1 aromatic heterocycles. The van der Waals surface area contributed by atoms with Gasteiger partial charge in [0.25, 0.3) is 0 Å². The molecule has 2 heterocycles. The quantitative estimate of drug-likeness (QED) is 0.693. The summed E-state index contributed by atoms with van der Waals surface area (Å²) < 4.78 is 25.8. The Bertz CT molecular complexity index is 793. The van der Waals surface area contributed by atoms with E-state index in [1.54, 1.807) is 0 Å². The van der Waals surface area contributed by atoms with Gasteiger partial charge < -0.3 is 9.15 Å². The van der Waals surface area contributed by atoms with Crippen LogP contribution in [-0.2, 0) is 0 Å². The Morgan fingerprint density at radius 2 is 2.05 bits per heavy atom. The second-order valence-corrected chi connectivity index (χ2v) is 6.23. The van der Waals surface area contributed by atoms with Gasteiger partial charge in [-0.2, -0.15) is 0 Å². The maximum absolute atomic E-state index is 14.4. The summed E-state index contributed by atoms with van der Waals surface area (Å²) in [6, 6.07) is 3.93. The van der Waals surface area contributed by atoms with Crippen molar-refractivity contribution in [1.82, 2.24) is 0 Å². The molecule has 1 saturated carbocycles. The summed E-state index contributed by atoms with van der Waals surface area (Å²) >= 11 is 0. The van der Waals surface area contributed by atoms with Crippen LogP contribution in [0.3, 0.4) is 0 Å². The van der Waals surface area contributed by atoms with Gasteiger partial charge in [0.15, 0.2) is 0 Å². The van der Waals surface area contributed by atoms with Crippen molar-refractivity contribution in [2.24, 2.45) is 0 Å². The monoisotopic (exact) mass is 288 g/mol. The Morgan fingerprint density at radius 1 is 1.24 bits per heavy atom. The number of fused-ring (bicyclic) bond motifs is 6. The molecule has 0 amide bonds. The Morgan fingerprint density at radius 3 is 2.86 bits per heavy atom. The lowest BCUT2D eigenvalue weighted by Gasteiger charge is -2.38. The molecule has 0 spiro atoms. The molecule has 2 aliphatic rings. The van der Waals surface area contributed by atoms with E-state index in [2.05, 4.69) is 0 Å². The maximum atomic E-state index is 14.4. The second-order valence-electron chi connectivity index (χ2n) is 6.23. The number of benzene rings is 1. The first-order chi connectivity index (χ1) is 10.1. The van der Waals surface area contributed by atoms with E-state index in [4.69, 9.17) is 9.15 Å². The molecule has 3 atom stereocenters. The minimum Gasteiger partial charge on any atom is -0.486 e. The van der Waals surface area contributed by atoms with Crippen LogP contribution in [0.5, 0.6) is 5.75 Å². The Hall–Kier alpha value is -1.84. The van der Waals surface area contributed by atoms with Crippen molar-refractivity contribution in [2.75, 3.05) is 0 Å². The zero-order chi connectivity index (χ0) is 14.7. The SMILES string of the molecule is Cc1cc(C)c2oc(=O)c3c(c2c1)OC1CCCC3C1F. The smallest absolute Gasteiger partial charge is 0.343 e. The number of hydrogen-bond acceptors (Lipinski definition) is 3. The molecule has 3 unspecified atom stereocenters. The molecule has 3 nitrogen and oxygen atoms in total. The van der Waals surface area contributed by atoms with Crippen LogP contribution in [-0.4, -0.2) is 12.3 Å². The van der Waals surface area contributed by atoms with E-state index >= 15 is 0 Å². The van der Waals surface area contributed by atoms with Gasteiger partial charge in [-0.05, 0) is 50.3 Å². The highest BCUT2D eigenvalue weighted by Crippen LogP contribution is 2.46. The molecule has 1 aliphatic heterocycles. The predicted molar refractivity (Wildman–Crippen MR) is 77.9 cm³/mol. The maximum Gasteiger partial charge on any atom is 0.343 e. The lowest BCUT2D eigenvalue weighted by atomic mass is 9.78. The number of hydrogen-bond donors (Lipinski definition) is 0. The molecular weight excluding hydrogens is 271 g/mol. The number of aryl methyl sites for hydroxylation is 2. The molecule has 4 heteroatoms. The molecule has 1 fully saturated rings. The van der Waals surface area contributed by atoms with Gasteiger partial charge in [-0.15, -0.1) is 0 Å². The highest BCUT2D eigenvalue weighted by molar-refractivity contribution is 5.88. The fraction of sp³-hybridized carbons (Fsp3) is 0.471. The van der Waals surface area contributed by atoms with Crippen LogP contribution < -0.4 is 10.4 Å². The van der Waals surface area contributed by atoms with Crippen molar-refractivity contribution in [3.63, 3.8) is 0 Å². The predicted octanol–water partition coefficient (Wildman–Crippen LogP) is 3.78. The van der Waals surface area contributed by atoms with E-state index in [1.165, 1.54) is 0 Å². The zero-order valence-corrected chi connectivity index (χ0v) is 12.1. The van der Waals surface area contributed by atoms with Gasteiger partial charge >= 0.3 is 5.63 Å².